The Balaban J connectivity index is 1.32. The molecule has 0 radical (unpaired) electrons. The number of H-pyrrole nitrogens is 1. The van der Waals surface area contributed by atoms with Crippen LogP contribution >= 0.6 is 0 Å². The highest BCUT2D eigenvalue weighted by Crippen LogP contribution is 2.48. The summed E-state index contributed by atoms with van der Waals surface area (Å²) in [6.45, 7) is 5.58. The first-order valence-electron chi connectivity index (χ1n) is 13.8. The summed E-state index contributed by atoms with van der Waals surface area (Å²) in [7, 11) is 0. The lowest BCUT2D eigenvalue weighted by Gasteiger charge is -2.29. The van der Waals surface area contributed by atoms with Crippen LogP contribution in [0.5, 0.6) is 0 Å². The highest BCUT2D eigenvalue weighted by molar-refractivity contribution is 5.88. The van der Waals surface area contributed by atoms with Gasteiger partial charge in [0.05, 0.1) is 6.54 Å². The number of para-hydroxylation sites is 1. The van der Waals surface area contributed by atoms with Gasteiger partial charge in [-0.05, 0) is 59.6 Å². The van der Waals surface area contributed by atoms with Crippen molar-refractivity contribution in [3.05, 3.63) is 108 Å². The fraction of sp³-hybridized carbons (Fsp3) is 0.333. The zero-order valence-electron chi connectivity index (χ0n) is 22.6. The van der Waals surface area contributed by atoms with Crippen LogP contribution < -0.4 is 0 Å². The van der Waals surface area contributed by atoms with Crippen LogP contribution in [0.2, 0.25) is 0 Å². The van der Waals surface area contributed by atoms with E-state index in [0.717, 1.165) is 28.5 Å². The van der Waals surface area contributed by atoms with Crippen LogP contribution in [0.3, 0.4) is 0 Å². The lowest BCUT2D eigenvalue weighted by Crippen LogP contribution is -2.45. The van der Waals surface area contributed by atoms with E-state index in [0.29, 0.717) is 26.1 Å². The molecular formula is C33H36FN3O2. The van der Waals surface area contributed by atoms with Gasteiger partial charge in [0, 0.05) is 42.7 Å². The van der Waals surface area contributed by atoms with Crippen molar-refractivity contribution >= 4 is 22.7 Å². The van der Waals surface area contributed by atoms with Crippen LogP contribution in [0.15, 0.2) is 85.1 Å². The first kappa shape index (κ1) is 26.7. The Labute approximate surface area is 229 Å². The van der Waals surface area contributed by atoms with Crippen molar-refractivity contribution in [1.29, 1.82) is 0 Å². The van der Waals surface area contributed by atoms with Crippen molar-refractivity contribution in [2.75, 3.05) is 19.6 Å². The molecule has 0 saturated heterocycles. The van der Waals surface area contributed by atoms with E-state index in [9.17, 15) is 14.0 Å². The molecule has 4 aromatic rings. The average Bonchev–Trinajstić information content (AvgIpc) is 3.64. The number of carbonyl (C=O) groups is 2. The van der Waals surface area contributed by atoms with Crippen LogP contribution in [-0.4, -0.2) is 46.2 Å². The third-order valence-electron chi connectivity index (χ3n) is 7.52. The van der Waals surface area contributed by atoms with E-state index in [2.05, 4.69) is 37.0 Å². The largest absolute Gasteiger partial charge is 0.361 e. The van der Waals surface area contributed by atoms with Crippen molar-refractivity contribution in [1.82, 2.24) is 14.8 Å². The van der Waals surface area contributed by atoms with Crippen molar-refractivity contribution in [2.45, 2.75) is 39.2 Å². The number of amides is 2. The third-order valence-corrected chi connectivity index (χ3v) is 7.52. The van der Waals surface area contributed by atoms with Gasteiger partial charge in [-0.3, -0.25) is 9.59 Å². The SMILES string of the molecule is CC(C)CN(CC(=O)N(CCc1c[nH]c2ccccc12)Cc1ccc(F)cc1)C(=O)C1C[C@H]1c1ccccc1. The first-order valence-corrected chi connectivity index (χ1v) is 13.8. The summed E-state index contributed by atoms with van der Waals surface area (Å²) < 4.78 is 13.6. The van der Waals surface area contributed by atoms with E-state index >= 15 is 0 Å². The predicted molar refractivity (Wildman–Crippen MR) is 153 cm³/mol. The third kappa shape index (κ3) is 6.56. The normalized spacial score (nSPS) is 16.4. The molecule has 1 aliphatic carbocycles. The van der Waals surface area contributed by atoms with Crippen molar-refractivity contribution in [2.24, 2.45) is 11.8 Å². The molecule has 1 aliphatic rings. The van der Waals surface area contributed by atoms with E-state index in [1.54, 1.807) is 21.9 Å². The van der Waals surface area contributed by atoms with Gasteiger partial charge < -0.3 is 14.8 Å². The number of nitrogens with zero attached hydrogens (tertiary/aromatic N) is 2. The molecule has 2 atom stereocenters. The molecule has 1 N–H and O–H groups in total. The minimum atomic E-state index is -0.304. The van der Waals surface area contributed by atoms with Crippen LogP contribution in [-0.2, 0) is 22.6 Å². The smallest absolute Gasteiger partial charge is 0.242 e. The topological polar surface area (TPSA) is 56.4 Å². The summed E-state index contributed by atoms with van der Waals surface area (Å²) in [6, 6.07) is 24.5. The molecular weight excluding hydrogens is 489 g/mol. The highest BCUT2D eigenvalue weighted by Gasteiger charge is 2.46. The van der Waals surface area contributed by atoms with Gasteiger partial charge in [-0.1, -0.05) is 74.5 Å². The molecule has 1 saturated carbocycles. The maximum absolute atomic E-state index is 13.8. The first-order chi connectivity index (χ1) is 18.9. The number of carbonyl (C=O) groups excluding carboxylic acids is 2. The molecule has 6 heteroatoms. The molecule has 2 amide bonds. The molecule has 0 bridgehead atoms. The second kappa shape index (κ2) is 11.9. The minimum Gasteiger partial charge on any atom is -0.361 e. The van der Waals surface area contributed by atoms with Crippen molar-refractivity contribution < 1.29 is 14.0 Å². The van der Waals surface area contributed by atoms with Crippen LogP contribution in [0.4, 0.5) is 4.39 Å². The minimum absolute atomic E-state index is 0.0457. The monoisotopic (exact) mass is 525 g/mol. The fourth-order valence-corrected chi connectivity index (χ4v) is 5.40. The second-order valence-corrected chi connectivity index (χ2v) is 11.0. The van der Waals surface area contributed by atoms with Crippen molar-refractivity contribution in [3.8, 4) is 0 Å². The van der Waals surface area contributed by atoms with E-state index in [1.807, 2.05) is 42.6 Å². The van der Waals surface area contributed by atoms with Gasteiger partial charge in [0.2, 0.25) is 11.8 Å². The molecule has 1 aromatic heterocycles. The standard InChI is InChI=1S/C33H36FN3O2/c1-23(2)20-37(33(39)30-18-29(30)25-8-4-3-5-9-25)22-32(38)36(21-24-12-14-27(34)15-13-24)17-16-26-19-35-31-11-7-6-10-28(26)31/h3-15,19,23,29-30,35H,16-18,20-22H2,1-2H3/t29-,30?/m0/s1. The Morgan fingerprint density at radius 2 is 1.67 bits per heavy atom. The molecule has 1 unspecified atom stereocenters. The zero-order chi connectivity index (χ0) is 27.4. The molecule has 0 spiro atoms. The summed E-state index contributed by atoms with van der Waals surface area (Å²) >= 11 is 0. The van der Waals surface area contributed by atoms with Gasteiger partial charge in [0.1, 0.15) is 5.82 Å². The quantitative estimate of drug-likeness (QED) is 0.255. The van der Waals surface area contributed by atoms with Gasteiger partial charge in [0.25, 0.3) is 0 Å². The summed E-state index contributed by atoms with van der Waals surface area (Å²) in [6.07, 6.45) is 3.50. The Kier molecular flexibility index (Phi) is 8.10. The van der Waals surface area contributed by atoms with E-state index in [1.165, 1.54) is 17.7 Å². The molecule has 3 aromatic carbocycles. The van der Waals surface area contributed by atoms with Gasteiger partial charge >= 0.3 is 0 Å². The van der Waals surface area contributed by atoms with E-state index in [4.69, 9.17) is 0 Å². The van der Waals surface area contributed by atoms with E-state index in [-0.39, 0.29) is 41.9 Å². The van der Waals surface area contributed by atoms with Crippen LogP contribution in [0.25, 0.3) is 10.9 Å². The Morgan fingerprint density at radius 3 is 2.41 bits per heavy atom. The maximum atomic E-state index is 13.8. The lowest BCUT2D eigenvalue weighted by molar-refractivity contribution is -0.142. The highest BCUT2D eigenvalue weighted by atomic mass is 19.1. The maximum Gasteiger partial charge on any atom is 0.242 e. The van der Waals surface area contributed by atoms with Crippen LogP contribution in [0.1, 0.15) is 42.9 Å². The number of nitrogens with one attached hydrogen (secondary N) is 1. The number of aromatic nitrogens is 1. The molecule has 202 valence electrons. The van der Waals surface area contributed by atoms with Gasteiger partial charge in [-0.15, -0.1) is 0 Å². The van der Waals surface area contributed by atoms with Crippen molar-refractivity contribution in [3.63, 3.8) is 0 Å². The fourth-order valence-electron chi connectivity index (χ4n) is 5.40. The number of fused-ring (bicyclic) bond motifs is 1. The number of halogens is 1. The summed E-state index contributed by atoms with van der Waals surface area (Å²) in [4.78, 5) is 34.2. The van der Waals surface area contributed by atoms with Gasteiger partial charge in [0.15, 0.2) is 0 Å². The number of benzene rings is 3. The molecule has 0 aliphatic heterocycles. The number of rotatable bonds is 11. The summed E-state index contributed by atoms with van der Waals surface area (Å²) in [5.74, 6) is 0.0553. The Morgan fingerprint density at radius 1 is 0.949 bits per heavy atom. The molecule has 39 heavy (non-hydrogen) atoms. The Bertz CT molecular complexity index is 1410. The van der Waals surface area contributed by atoms with Gasteiger partial charge in [-0.2, -0.15) is 0 Å². The molecule has 1 heterocycles. The number of hydrogen-bond acceptors (Lipinski definition) is 2. The van der Waals surface area contributed by atoms with Crippen LogP contribution in [0, 0.1) is 17.7 Å². The Hall–Kier alpha value is -3.93. The molecule has 1 fully saturated rings. The number of aromatic amines is 1. The second-order valence-electron chi connectivity index (χ2n) is 11.0. The van der Waals surface area contributed by atoms with E-state index < -0.39 is 0 Å². The average molecular weight is 526 g/mol. The summed E-state index contributed by atoms with van der Waals surface area (Å²) in [5.41, 5.74) is 4.25. The lowest BCUT2D eigenvalue weighted by atomic mass is 10.1. The molecule has 5 rings (SSSR count). The summed E-state index contributed by atoms with van der Waals surface area (Å²) in [5, 5.41) is 1.14. The number of hydrogen-bond donors (Lipinski definition) is 1. The van der Waals surface area contributed by atoms with Gasteiger partial charge in [-0.25, -0.2) is 4.39 Å². The molecule has 5 nitrogen and oxygen atoms in total. The zero-order valence-corrected chi connectivity index (χ0v) is 22.6. The predicted octanol–water partition coefficient (Wildman–Crippen LogP) is 6.17.